The van der Waals surface area contributed by atoms with Gasteiger partial charge in [0.2, 0.25) is 0 Å². The minimum atomic E-state index is -0.365. The molecule has 48 valence electrons. The molecule has 10 heavy (non-hydrogen) atoms. The Morgan fingerprint density at radius 3 is 2.60 bits per heavy atom. The summed E-state index contributed by atoms with van der Waals surface area (Å²) in [6.07, 6.45) is 0. The van der Waals surface area contributed by atoms with Gasteiger partial charge in [-0.05, 0) is 0 Å². The third-order valence-corrected chi connectivity index (χ3v) is 0.982. The van der Waals surface area contributed by atoms with Crippen LogP contribution in [0.4, 0.5) is 4.39 Å². The molecular formula is C7H6FKO. The monoisotopic (exact) mass is 164 g/mol. The molecule has 0 bridgehead atoms. The van der Waals surface area contributed by atoms with Crippen molar-refractivity contribution in [2.75, 3.05) is 7.11 Å². The molecule has 0 aromatic heterocycles. The molecule has 0 heterocycles. The first kappa shape index (κ1) is 10.6. The quantitative estimate of drug-likeness (QED) is 0.368. The number of halogens is 1. The van der Waals surface area contributed by atoms with E-state index in [0.29, 0.717) is 5.75 Å². The van der Waals surface area contributed by atoms with E-state index in [9.17, 15) is 4.39 Å². The molecule has 0 aliphatic carbocycles. The van der Waals surface area contributed by atoms with Crippen LogP contribution >= 0.6 is 0 Å². The minimum absolute atomic E-state index is 0. The van der Waals surface area contributed by atoms with Crippen molar-refractivity contribution in [3.05, 3.63) is 30.1 Å². The van der Waals surface area contributed by atoms with Crippen LogP contribution in [0.25, 0.3) is 0 Å². The summed E-state index contributed by atoms with van der Waals surface area (Å²) in [6.45, 7) is 0. The fourth-order valence-corrected chi connectivity index (χ4v) is 0.519. The van der Waals surface area contributed by atoms with E-state index in [4.69, 9.17) is 4.74 Å². The molecule has 0 fully saturated rings. The van der Waals surface area contributed by atoms with Crippen molar-refractivity contribution in [1.29, 1.82) is 0 Å². The molecule has 0 saturated carbocycles. The van der Waals surface area contributed by atoms with E-state index < -0.39 is 0 Å². The Morgan fingerprint density at radius 1 is 1.50 bits per heavy atom. The Hall–Kier alpha value is 0.586. The molecule has 1 rings (SSSR count). The van der Waals surface area contributed by atoms with Gasteiger partial charge in [-0.1, -0.05) is 0 Å². The van der Waals surface area contributed by atoms with Crippen LogP contribution in [-0.4, -0.2) is 7.11 Å². The number of benzene rings is 1. The third kappa shape index (κ3) is 3.12. The molecule has 0 aliphatic rings. The van der Waals surface area contributed by atoms with Gasteiger partial charge in [-0.3, -0.25) is 0 Å². The molecule has 1 aromatic rings. The average molecular weight is 164 g/mol. The molecule has 1 nitrogen and oxygen atoms in total. The average Bonchev–Trinajstić information content (AvgIpc) is 1.90. The maximum atomic E-state index is 12.1. The predicted octanol–water partition coefficient (Wildman–Crippen LogP) is -1.36. The first-order valence-corrected chi connectivity index (χ1v) is 2.54. The first-order valence-electron chi connectivity index (χ1n) is 2.54. The largest absolute Gasteiger partial charge is 1.00 e. The van der Waals surface area contributed by atoms with E-state index in [-0.39, 0.29) is 57.2 Å². The summed E-state index contributed by atoms with van der Waals surface area (Å²) in [5.41, 5.74) is 0. The maximum absolute atomic E-state index is 12.1. The standard InChI is InChI=1S/C7H6FO.K/c1-9-7-4-2-6(8)3-5-7;/h2,4-5H,1H3;/q-1;+1. The van der Waals surface area contributed by atoms with Gasteiger partial charge in [-0.15, -0.1) is 24.3 Å². The van der Waals surface area contributed by atoms with Crippen molar-refractivity contribution in [2.45, 2.75) is 0 Å². The fourth-order valence-electron chi connectivity index (χ4n) is 0.519. The molecule has 0 radical (unpaired) electrons. The first-order chi connectivity index (χ1) is 4.33. The second-order valence-electron chi connectivity index (χ2n) is 1.58. The molecule has 0 aliphatic heterocycles. The van der Waals surface area contributed by atoms with Gasteiger partial charge >= 0.3 is 51.4 Å². The van der Waals surface area contributed by atoms with Crippen LogP contribution in [0.5, 0.6) is 5.75 Å². The smallest absolute Gasteiger partial charge is 0.554 e. The molecule has 0 spiro atoms. The third-order valence-electron chi connectivity index (χ3n) is 0.982. The molecule has 0 atom stereocenters. The number of ether oxygens (including phenoxy) is 1. The van der Waals surface area contributed by atoms with E-state index in [1.807, 2.05) is 0 Å². The molecule has 0 unspecified atom stereocenters. The van der Waals surface area contributed by atoms with E-state index in [0.717, 1.165) is 0 Å². The maximum Gasteiger partial charge on any atom is 1.00 e. The topological polar surface area (TPSA) is 9.23 Å². The molecule has 1 aromatic carbocycles. The van der Waals surface area contributed by atoms with Crippen LogP contribution in [0.2, 0.25) is 0 Å². The Balaban J connectivity index is 0.000000810. The SMILES string of the molecule is COc1c[c-]c(F)cc1.[K+]. The van der Waals surface area contributed by atoms with Crippen molar-refractivity contribution in [1.82, 2.24) is 0 Å². The minimum Gasteiger partial charge on any atom is -0.554 e. The number of hydrogen-bond donors (Lipinski definition) is 0. The van der Waals surface area contributed by atoms with Gasteiger partial charge in [0.25, 0.3) is 0 Å². The summed E-state index contributed by atoms with van der Waals surface area (Å²) in [6, 6.07) is 6.66. The zero-order chi connectivity index (χ0) is 6.69. The zero-order valence-corrected chi connectivity index (χ0v) is 9.14. The Bertz CT molecular complexity index is 185. The van der Waals surface area contributed by atoms with Gasteiger partial charge < -0.3 is 4.74 Å². The Kier molecular flexibility index (Phi) is 5.57. The van der Waals surface area contributed by atoms with Crippen molar-refractivity contribution >= 4 is 0 Å². The molecule has 0 amide bonds. The Morgan fingerprint density at radius 2 is 2.20 bits per heavy atom. The van der Waals surface area contributed by atoms with Crippen LogP contribution in [-0.2, 0) is 0 Å². The van der Waals surface area contributed by atoms with Crippen LogP contribution in [0.3, 0.4) is 0 Å². The summed E-state index contributed by atoms with van der Waals surface area (Å²) in [5, 5.41) is 0. The van der Waals surface area contributed by atoms with Crippen LogP contribution < -0.4 is 56.1 Å². The van der Waals surface area contributed by atoms with Gasteiger partial charge in [-0.25, -0.2) is 4.39 Å². The predicted molar refractivity (Wildman–Crippen MR) is 31.8 cm³/mol. The van der Waals surface area contributed by atoms with E-state index in [2.05, 4.69) is 6.07 Å². The normalized spacial score (nSPS) is 8.20. The number of methoxy groups -OCH3 is 1. The zero-order valence-electron chi connectivity index (χ0n) is 6.02. The number of rotatable bonds is 1. The summed E-state index contributed by atoms with van der Waals surface area (Å²) in [5.74, 6) is 0.257. The Labute approximate surface area is 102 Å². The van der Waals surface area contributed by atoms with Crippen molar-refractivity contribution in [3.8, 4) is 5.75 Å². The molecule has 0 N–H and O–H groups in total. The van der Waals surface area contributed by atoms with Gasteiger partial charge in [0.15, 0.2) is 0 Å². The summed E-state index contributed by atoms with van der Waals surface area (Å²) in [4.78, 5) is 0. The van der Waals surface area contributed by atoms with Gasteiger partial charge in [0.05, 0.1) is 7.11 Å². The summed E-state index contributed by atoms with van der Waals surface area (Å²) >= 11 is 0. The van der Waals surface area contributed by atoms with E-state index >= 15 is 0 Å². The summed E-state index contributed by atoms with van der Waals surface area (Å²) < 4.78 is 16.9. The molecule has 0 saturated heterocycles. The molecule has 3 heteroatoms. The van der Waals surface area contributed by atoms with Gasteiger partial charge in [-0.2, -0.15) is 0 Å². The van der Waals surface area contributed by atoms with Gasteiger partial charge in [0, 0.05) is 11.6 Å². The number of hydrogen-bond acceptors (Lipinski definition) is 1. The second-order valence-corrected chi connectivity index (χ2v) is 1.58. The molecular weight excluding hydrogens is 158 g/mol. The van der Waals surface area contributed by atoms with Crippen molar-refractivity contribution < 1.29 is 60.5 Å². The second kappa shape index (κ2) is 5.26. The van der Waals surface area contributed by atoms with Crippen LogP contribution in [0.15, 0.2) is 18.2 Å². The van der Waals surface area contributed by atoms with E-state index in [1.54, 1.807) is 6.07 Å². The van der Waals surface area contributed by atoms with Gasteiger partial charge in [0.1, 0.15) is 0 Å². The van der Waals surface area contributed by atoms with Crippen LogP contribution in [0, 0.1) is 11.9 Å². The fraction of sp³-hybridized carbons (Fsp3) is 0.143. The van der Waals surface area contributed by atoms with E-state index in [1.165, 1.54) is 19.2 Å². The van der Waals surface area contributed by atoms with Crippen molar-refractivity contribution in [2.24, 2.45) is 0 Å². The summed E-state index contributed by atoms with van der Waals surface area (Å²) in [7, 11) is 1.53. The van der Waals surface area contributed by atoms with Crippen LogP contribution in [0.1, 0.15) is 0 Å². The van der Waals surface area contributed by atoms with Crippen molar-refractivity contribution in [3.63, 3.8) is 0 Å².